The van der Waals surface area contributed by atoms with Crippen LogP contribution in [0.1, 0.15) is 5.56 Å². The Morgan fingerprint density at radius 1 is 1.00 bits per heavy atom. The van der Waals surface area contributed by atoms with Crippen molar-refractivity contribution < 1.29 is 4.74 Å². The Morgan fingerprint density at radius 2 is 1.76 bits per heavy atom. The van der Waals surface area contributed by atoms with Crippen LogP contribution in [-0.2, 0) is 0 Å². The molecular weight excluding hydrogens is 230 g/mol. The van der Waals surface area contributed by atoms with E-state index in [0.717, 1.165) is 21.7 Å². The lowest BCUT2D eigenvalue weighted by Crippen LogP contribution is -1.83. The largest absolute Gasteiger partial charge is 0.457 e. The minimum absolute atomic E-state index is 0.852. The molecular formula is C14H11NOS. The SMILES string of the molecule is Cc1ccc(Oc2ccc3ncsc3c2)cc1. The van der Waals surface area contributed by atoms with Crippen LogP contribution in [0.2, 0.25) is 0 Å². The van der Waals surface area contributed by atoms with E-state index in [4.69, 9.17) is 4.74 Å². The van der Waals surface area contributed by atoms with Crippen molar-refractivity contribution in [1.29, 1.82) is 0 Å². The van der Waals surface area contributed by atoms with Gasteiger partial charge in [-0.25, -0.2) is 4.98 Å². The second-order valence-corrected chi connectivity index (χ2v) is 4.78. The first-order chi connectivity index (χ1) is 8.31. The van der Waals surface area contributed by atoms with Gasteiger partial charge in [0.05, 0.1) is 15.7 Å². The number of thiazole rings is 1. The molecule has 0 aliphatic carbocycles. The van der Waals surface area contributed by atoms with Crippen LogP contribution in [-0.4, -0.2) is 4.98 Å². The van der Waals surface area contributed by atoms with Crippen molar-refractivity contribution >= 4 is 21.6 Å². The number of rotatable bonds is 2. The summed E-state index contributed by atoms with van der Waals surface area (Å²) in [5.41, 5.74) is 4.10. The minimum Gasteiger partial charge on any atom is -0.457 e. The number of ether oxygens (including phenoxy) is 1. The monoisotopic (exact) mass is 241 g/mol. The van der Waals surface area contributed by atoms with Crippen molar-refractivity contribution in [3.05, 3.63) is 53.5 Å². The molecule has 3 heteroatoms. The summed E-state index contributed by atoms with van der Waals surface area (Å²) >= 11 is 1.62. The molecule has 17 heavy (non-hydrogen) atoms. The van der Waals surface area contributed by atoms with Crippen LogP contribution >= 0.6 is 11.3 Å². The number of nitrogens with zero attached hydrogens (tertiary/aromatic N) is 1. The first-order valence-electron chi connectivity index (χ1n) is 5.39. The van der Waals surface area contributed by atoms with E-state index in [1.807, 2.05) is 48.0 Å². The van der Waals surface area contributed by atoms with Gasteiger partial charge < -0.3 is 4.74 Å². The highest BCUT2D eigenvalue weighted by Crippen LogP contribution is 2.27. The number of fused-ring (bicyclic) bond motifs is 1. The lowest BCUT2D eigenvalue weighted by atomic mass is 10.2. The number of aryl methyl sites for hydroxylation is 1. The fraction of sp³-hybridized carbons (Fsp3) is 0.0714. The average molecular weight is 241 g/mol. The Kier molecular flexibility index (Phi) is 2.53. The quantitative estimate of drug-likeness (QED) is 0.663. The molecule has 0 unspecified atom stereocenters. The maximum absolute atomic E-state index is 5.79. The normalized spacial score (nSPS) is 10.6. The fourth-order valence-electron chi connectivity index (χ4n) is 1.64. The summed E-state index contributed by atoms with van der Waals surface area (Å²) in [6.45, 7) is 2.06. The van der Waals surface area contributed by atoms with E-state index >= 15 is 0 Å². The molecule has 0 N–H and O–H groups in total. The predicted molar refractivity (Wildman–Crippen MR) is 70.9 cm³/mol. The van der Waals surface area contributed by atoms with Gasteiger partial charge in [0.15, 0.2) is 0 Å². The van der Waals surface area contributed by atoms with E-state index in [1.165, 1.54) is 5.56 Å². The molecule has 0 saturated heterocycles. The van der Waals surface area contributed by atoms with Crippen LogP contribution < -0.4 is 4.74 Å². The maximum atomic E-state index is 5.79. The number of aromatic nitrogens is 1. The van der Waals surface area contributed by atoms with Gasteiger partial charge in [0, 0.05) is 6.07 Å². The predicted octanol–water partition coefficient (Wildman–Crippen LogP) is 4.40. The number of benzene rings is 2. The molecule has 1 heterocycles. The maximum Gasteiger partial charge on any atom is 0.128 e. The molecule has 0 radical (unpaired) electrons. The minimum atomic E-state index is 0.852. The highest BCUT2D eigenvalue weighted by atomic mass is 32.1. The summed E-state index contributed by atoms with van der Waals surface area (Å²) in [5, 5.41) is 0. The van der Waals surface area contributed by atoms with Gasteiger partial charge in [-0.15, -0.1) is 11.3 Å². The zero-order chi connectivity index (χ0) is 11.7. The van der Waals surface area contributed by atoms with Gasteiger partial charge in [0.1, 0.15) is 11.5 Å². The van der Waals surface area contributed by atoms with E-state index in [1.54, 1.807) is 11.3 Å². The van der Waals surface area contributed by atoms with Gasteiger partial charge in [-0.1, -0.05) is 17.7 Å². The van der Waals surface area contributed by atoms with E-state index in [0.29, 0.717) is 0 Å². The van der Waals surface area contributed by atoms with Crippen molar-refractivity contribution in [2.24, 2.45) is 0 Å². The highest BCUT2D eigenvalue weighted by Gasteiger charge is 2.01. The van der Waals surface area contributed by atoms with E-state index in [-0.39, 0.29) is 0 Å². The fourth-order valence-corrected chi connectivity index (χ4v) is 2.35. The van der Waals surface area contributed by atoms with Gasteiger partial charge in [0.2, 0.25) is 0 Å². The molecule has 0 amide bonds. The Balaban J connectivity index is 1.91. The molecule has 3 rings (SSSR count). The van der Waals surface area contributed by atoms with Gasteiger partial charge in [-0.2, -0.15) is 0 Å². The average Bonchev–Trinajstić information content (AvgIpc) is 2.79. The first kappa shape index (κ1) is 10.3. The number of hydrogen-bond acceptors (Lipinski definition) is 3. The molecule has 0 saturated carbocycles. The smallest absolute Gasteiger partial charge is 0.128 e. The van der Waals surface area contributed by atoms with Crippen molar-refractivity contribution in [1.82, 2.24) is 4.98 Å². The standard InChI is InChI=1S/C14H11NOS/c1-10-2-4-11(5-3-10)16-12-6-7-13-14(8-12)17-9-15-13/h2-9H,1H3. The van der Waals surface area contributed by atoms with Crippen molar-refractivity contribution in [3.8, 4) is 11.5 Å². The summed E-state index contributed by atoms with van der Waals surface area (Å²) in [5.74, 6) is 1.71. The summed E-state index contributed by atoms with van der Waals surface area (Å²) in [7, 11) is 0. The molecule has 0 aliphatic heterocycles. The first-order valence-corrected chi connectivity index (χ1v) is 6.27. The highest BCUT2D eigenvalue weighted by molar-refractivity contribution is 7.16. The van der Waals surface area contributed by atoms with Gasteiger partial charge in [-0.05, 0) is 31.2 Å². The van der Waals surface area contributed by atoms with Gasteiger partial charge >= 0.3 is 0 Å². The van der Waals surface area contributed by atoms with Gasteiger partial charge in [0.25, 0.3) is 0 Å². The Hall–Kier alpha value is -1.87. The third kappa shape index (κ3) is 2.15. The summed E-state index contributed by atoms with van der Waals surface area (Å²) in [6.07, 6.45) is 0. The van der Waals surface area contributed by atoms with E-state index in [9.17, 15) is 0 Å². The lowest BCUT2D eigenvalue weighted by molar-refractivity contribution is 0.483. The second-order valence-electron chi connectivity index (χ2n) is 3.90. The van der Waals surface area contributed by atoms with Crippen LogP contribution in [0.3, 0.4) is 0 Å². The molecule has 1 aromatic heterocycles. The number of hydrogen-bond donors (Lipinski definition) is 0. The molecule has 0 spiro atoms. The zero-order valence-electron chi connectivity index (χ0n) is 9.38. The molecule has 0 fully saturated rings. The Labute approximate surface area is 104 Å². The Bertz CT molecular complexity index is 643. The molecule has 2 aromatic carbocycles. The van der Waals surface area contributed by atoms with Crippen LogP contribution in [0.15, 0.2) is 48.0 Å². The van der Waals surface area contributed by atoms with E-state index in [2.05, 4.69) is 11.9 Å². The molecule has 0 atom stereocenters. The molecule has 84 valence electrons. The van der Waals surface area contributed by atoms with Crippen LogP contribution in [0.5, 0.6) is 11.5 Å². The van der Waals surface area contributed by atoms with Crippen LogP contribution in [0.25, 0.3) is 10.2 Å². The molecule has 0 aliphatic rings. The molecule has 3 aromatic rings. The topological polar surface area (TPSA) is 22.1 Å². The summed E-state index contributed by atoms with van der Waals surface area (Å²) in [4.78, 5) is 4.24. The molecule has 2 nitrogen and oxygen atoms in total. The summed E-state index contributed by atoms with van der Waals surface area (Å²) < 4.78 is 6.94. The van der Waals surface area contributed by atoms with Crippen molar-refractivity contribution in [2.45, 2.75) is 6.92 Å². The molecule has 0 bridgehead atoms. The van der Waals surface area contributed by atoms with Crippen LogP contribution in [0, 0.1) is 6.92 Å². The van der Waals surface area contributed by atoms with Crippen molar-refractivity contribution in [3.63, 3.8) is 0 Å². The van der Waals surface area contributed by atoms with Crippen molar-refractivity contribution in [2.75, 3.05) is 0 Å². The summed E-state index contributed by atoms with van der Waals surface area (Å²) in [6, 6.07) is 14.0. The lowest BCUT2D eigenvalue weighted by Gasteiger charge is -2.05. The van der Waals surface area contributed by atoms with E-state index < -0.39 is 0 Å². The van der Waals surface area contributed by atoms with Crippen LogP contribution in [0.4, 0.5) is 0 Å². The third-order valence-electron chi connectivity index (χ3n) is 2.56. The zero-order valence-corrected chi connectivity index (χ0v) is 10.2. The van der Waals surface area contributed by atoms with Gasteiger partial charge in [-0.3, -0.25) is 0 Å². The third-order valence-corrected chi connectivity index (χ3v) is 3.35. The second kappa shape index (κ2) is 4.18. The Morgan fingerprint density at radius 3 is 2.59 bits per heavy atom.